The van der Waals surface area contributed by atoms with Gasteiger partial charge in [0.2, 0.25) is 0 Å². The lowest BCUT2D eigenvalue weighted by Gasteiger charge is -2.34. The average Bonchev–Trinajstić information content (AvgIpc) is 3.76. The lowest BCUT2D eigenvalue weighted by Crippen LogP contribution is -2.38. The third-order valence-electron chi connectivity index (χ3n) is 12.3. The highest BCUT2D eigenvalue weighted by Crippen LogP contribution is 2.64. The van der Waals surface area contributed by atoms with E-state index < -0.39 is 39.3 Å². The van der Waals surface area contributed by atoms with Gasteiger partial charge in [-0.05, 0) is 137 Å². The monoisotopic (exact) mass is 834 g/mol. The molecule has 0 aromatic heterocycles. The van der Waals surface area contributed by atoms with Gasteiger partial charge in [-0.3, -0.25) is 0 Å². The minimum atomic E-state index is -1.66. The van der Waals surface area contributed by atoms with Gasteiger partial charge in [0.1, 0.15) is 46.4 Å². The first-order valence-corrected chi connectivity index (χ1v) is 25.7. The van der Waals surface area contributed by atoms with Crippen LogP contribution in [0.5, 0.6) is 0 Å². The molecule has 0 unspecified atom stereocenters. The van der Waals surface area contributed by atoms with E-state index in [-0.39, 0.29) is 0 Å². The summed E-state index contributed by atoms with van der Waals surface area (Å²) in [4.78, 5) is 19.0. The van der Waals surface area contributed by atoms with Gasteiger partial charge in [0, 0.05) is 11.9 Å². The molecular formula is C54H60O4P2. The van der Waals surface area contributed by atoms with Crippen LogP contribution in [0.3, 0.4) is 0 Å². The Kier molecular flexibility index (Phi) is 17.3. The van der Waals surface area contributed by atoms with Crippen LogP contribution in [-0.4, -0.2) is 23.3 Å². The van der Waals surface area contributed by atoms with E-state index in [9.17, 15) is 19.8 Å². The summed E-state index contributed by atoms with van der Waals surface area (Å²) in [6, 6.07) is 68.3. The van der Waals surface area contributed by atoms with E-state index in [1.54, 1.807) is 31.8 Å². The lowest BCUT2D eigenvalue weighted by molar-refractivity contribution is -0.315. The van der Waals surface area contributed by atoms with Gasteiger partial charge in [-0.2, -0.15) is 0 Å². The molecule has 0 atom stereocenters. The van der Waals surface area contributed by atoms with Crippen LogP contribution >= 0.6 is 14.5 Å². The number of aliphatic carboxylic acids is 2. The van der Waals surface area contributed by atoms with Gasteiger partial charge in [0.25, 0.3) is 0 Å². The third kappa shape index (κ3) is 11.1. The standard InChI is InChI=1S/2C25H28P.C4H6O4/c2*1-2-7-15-22(14-6-1)26(23-16-8-3-9-17-23,24-18-10-4-11-19-24)25-20-12-5-13-21-25;5-3(6)1-2-4(7)8/h2*3-5,8-13,16-22H,1-2,6-7,14-15H2;1-2H2,(H,5,6)(H,7,8)/q2*+1;/p-2. The molecule has 2 fully saturated rings. The predicted molar refractivity (Wildman–Crippen MR) is 253 cm³/mol. The lowest BCUT2D eigenvalue weighted by atomic mass is 10.2. The van der Waals surface area contributed by atoms with Gasteiger partial charge in [0.05, 0.1) is 11.3 Å². The molecule has 8 rings (SSSR count). The number of hydrogen-bond acceptors (Lipinski definition) is 4. The Morgan fingerprint density at radius 1 is 0.333 bits per heavy atom. The summed E-state index contributed by atoms with van der Waals surface area (Å²) < 4.78 is 0. The van der Waals surface area contributed by atoms with Gasteiger partial charge in [-0.15, -0.1) is 0 Å². The summed E-state index contributed by atoms with van der Waals surface area (Å²) in [5, 5.41) is 28.3. The molecule has 0 spiro atoms. The summed E-state index contributed by atoms with van der Waals surface area (Å²) in [6.45, 7) is 0. The van der Waals surface area contributed by atoms with Crippen molar-refractivity contribution in [2.24, 2.45) is 0 Å². The molecule has 0 bridgehead atoms. The highest BCUT2D eigenvalue weighted by molar-refractivity contribution is 7.96. The molecule has 0 amide bonds. The fourth-order valence-corrected chi connectivity index (χ4v) is 20.1. The molecule has 0 N–H and O–H groups in total. The SMILES string of the molecule is O=C([O-])CCC(=O)[O-].c1ccc([P+](c2ccccc2)(c2ccccc2)C2CCCCCC2)cc1.c1ccc([P+](c2ccccc2)(c2ccccc2)C2CCCCCC2)cc1. The fraction of sp³-hybridized carbons (Fsp3) is 0.296. The first-order chi connectivity index (χ1) is 29.5. The number of carbonyl (C=O) groups is 2. The quantitative estimate of drug-likeness (QED) is 0.0968. The number of hydrogen-bond donors (Lipinski definition) is 0. The van der Waals surface area contributed by atoms with Crippen LogP contribution in [0.15, 0.2) is 182 Å². The zero-order valence-electron chi connectivity index (χ0n) is 34.9. The van der Waals surface area contributed by atoms with E-state index in [1.165, 1.54) is 77.0 Å². The molecule has 60 heavy (non-hydrogen) atoms. The number of benzene rings is 6. The number of carboxylic acid groups (broad SMARTS) is 2. The van der Waals surface area contributed by atoms with Crippen molar-refractivity contribution in [1.82, 2.24) is 0 Å². The Labute approximate surface area is 359 Å². The second-order valence-electron chi connectivity index (χ2n) is 16.0. The van der Waals surface area contributed by atoms with Crippen molar-refractivity contribution >= 4 is 58.3 Å². The Morgan fingerprint density at radius 2 is 0.517 bits per heavy atom. The Bertz CT molecular complexity index is 1770. The Morgan fingerprint density at radius 3 is 0.683 bits per heavy atom. The largest absolute Gasteiger partial charge is 0.550 e. The van der Waals surface area contributed by atoms with Crippen molar-refractivity contribution in [3.05, 3.63) is 182 Å². The number of carboxylic acids is 2. The zero-order valence-corrected chi connectivity index (χ0v) is 36.7. The third-order valence-corrected chi connectivity index (χ3v) is 22.2. The van der Waals surface area contributed by atoms with Crippen molar-refractivity contribution in [2.45, 2.75) is 101 Å². The summed E-state index contributed by atoms with van der Waals surface area (Å²) in [7, 11) is -3.31. The molecular weight excluding hydrogens is 775 g/mol. The average molecular weight is 835 g/mol. The van der Waals surface area contributed by atoms with Gasteiger partial charge in [0.15, 0.2) is 0 Å². The number of rotatable bonds is 11. The molecule has 6 aromatic rings. The molecule has 2 saturated carbocycles. The maximum Gasteiger partial charge on any atom is 0.115 e. The van der Waals surface area contributed by atoms with Gasteiger partial charge in [-0.25, -0.2) is 0 Å². The van der Waals surface area contributed by atoms with E-state index in [0.717, 1.165) is 11.3 Å². The fourth-order valence-electron chi connectivity index (χ4n) is 9.63. The normalized spacial score (nSPS) is 15.1. The van der Waals surface area contributed by atoms with Crippen molar-refractivity contribution in [3.63, 3.8) is 0 Å². The second kappa shape index (κ2) is 23.2. The van der Waals surface area contributed by atoms with Crippen molar-refractivity contribution < 1.29 is 19.8 Å². The molecule has 4 nitrogen and oxygen atoms in total. The summed E-state index contributed by atoms with van der Waals surface area (Å²) in [6.07, 6.45) is 15.6. The van der Waals surface area contributed by atoms with E-state index in [0.29, 0.717) is 0 Å². The van der Waals surface area contributed by atoms with E-state index in [4.69, 9.17) is 0 Å². The first kappa shape index (κ1) is 44.7. The van der Waals surface area contributed by atoms with Crippen LogP contribution in [0.4, 0.5) is 0 Å². The molecule has 0 heterocycles. The van der Waals surface area contributed by atoms with Crippen LogP contribution in [0, 0.1) is 0 Å². The molecule has 2 aliphatic carbocycles. The molecule has 310 valence electrons. The summed E-state index contributed by atoms with van der Waals surface area (Å²) in [5.74, 6) is -2.73. The Hall–Kier alpha value is -4.88. The molecule has 0 aliphatic heterocycles. The molecule has 6 heteroatoms. The number of carbonyl (C=O) groups excluding carboxylic acids is 2. The molecule has 0 saturated heterocycles. The zero-order chi connectivity index (χ0) is 41.9. The maximum absolute atomic E-state index is 9.50. The predicted octanol–water partition coefficient (Wildman–Crippen LogP) is 8.67. The second-order valence-corrected chi connectivity index (χ2v) is 23.4. The van der Waals surface area contributed by atoms with Crippen LogP contribution in [0.25, 0.3) is 0 Å². The Balaban J connectivity index is 0.000000171. The molecule has 0 radical (unpaired) electrons. The van der Waals surface area contributed by atoms with E-state index in [1.807, 2.05) is 0 Å². The van der Waals surface area contributed by atoms with Gasteiger partial charge < -0.3 is 19.8 Å². The van der Waals surface area contributed by atoms with Crippen LogP contribution in [0.2, 0.25) is 0 Å². The smallest absolute Gasteiger partial charge is 0.115 e. The van der Waals surface area contributed by atoms with Crippen LogP contribution in [0.1, 0.15) is 89.9 Å². The molecule has 6 aromatic carbocycles. The van der Waals surface area contributed by atoms with Crippen LogP contribution in [-0.2, 0) is 9.59 Å². The van der Waals surface area contributed by atoms with Crippen molar-refractivity contribution in [3.8, 4) is 0 Å². The van der Waals surface area contributed by atoms with Gasteiger partial charge in [-0.1, -0.05) is 135 Å². The topological polar surface area (TPSA) is 80.3 Å². The molecule has 2 aliphatic rings. The summed E-state index contributed by atoms with van der Waals surface area (Å²) in [5.41, 5.74) is 1.49. The highest BCUT2D eigenvalue weighted by atomic mass is 31.2. The highest BCUT2D eigenvalue weighted by Gasteiger charge is 2.53. The minimum absolute atomic E-state index is 0.470. The van der Waals surface area contributed by atoms with Crippen LogP contribution < -0.4 is 42.0 Å². The van der Waals surface area contributed by atoms with Crippen molar-refractivity contribution in [2.75, 3.05) is 0 Å². The summed E-state index contributed by atoms with van der Waals surface area (Å²) >= 11 is 0. The first-order valence-electron chi connectivity index (χ1n) is 22.0. The van der Waals surface area contributed by atoms with E-state index >= 15 is 0 Å². The minimum Gasteiger partial charge on any atom is -0.550 e. The van der Waals surface area contributed by atoms with Crippen molar-refractivity contribution in [1.29, 1.82) is 0 Å². The van der Waals surface area contributed by atoms with E-state index in [2.05, 4.69) is 182 Å². The maximum atomic E-state index is 9.50. The van der Waals surface area contributed by atoms with Gasteiger partial charge >= 0.3 is 0 Å².